The van der Waals surface area contributed by atoms with Crippen LogP contribution in [0.15, 0.2) is 41.4 Å². The maximum Gasteiger partial charge on any atom is 0.573 e. The predicted molar refractivity (Wildman–Crippen MR) is 102 cm³/mol. The Morgan fingerprint density at radius 2 is 1.96 bits per heavy atom. The normalized spacial score (nSPS) is 12.9. The van der Waals surface area contributed by atoms with E-state index in [2.05, 4.69) is 21.6 Å². The molecular weight excluding hydrogens is 450 g/mol. The molecule has 0 radical (unpaired) electrons. The molecule has 0 fully saturated rings. The molecule has 0 spiro atoms. The number of nitrogens with one attached hydrogen (secondary N) is 1. The van der Waals surface area contributed by atoms with Crippen molar-refractivity contribution in [3.8, 4) is 5.75 Å². The van der Waals surface area contributed by atoms with Crippen molar-refractivity contribution in [2.75, 3.05) is 19.7 Å². The Hall–Kier alpha value is -1.49. The Morgan fingerprint density at radius 3 is 2.44 bits per heavy atom. The average molecular weight is 473 g/mol. The topological polar surface area (TPSA) is 79.9 Å². The van der Waals surface area contributed by atoms with Gasteiger partial charge in [-0.05, 0) is 31.0 Å². The highest BCUT2D eigenvalue weighted by molar-refractivity contribution is 14.0. The second-order valence-corrected chi connectivity index (χ2v) is 5.48. The lowest BCUT2D eigenvalue weighted by molar-refractivity contribution is -0.274. The lowest BCUT2D eigenvalue weighted by Crippen LogP contribution is -2.33. The molecule has 1 unspecified atom stereocenters. The van der Waals surface area contributed by atoms with Crippen molar-refractivity contribution in [3.05, 3.63) is 42.0 Å². The largest absolute Gasteiger partial charge is 0.573 e. The van der Waals surface area contributed by atoms with Gasteiger partial charge in [-0.1, -0.05) is 24.3 Å². The average Bonchev–Trinajstić information content (AvgIpc) is 2.49. The van der Waals surface area contributed by atoms with E-state index in [0.717, 1.165) is 11.1 Å². The quantitative estimate of drug-likeness (QED) is 0.235. The minimum atomic E-state index is -4.71. The van der Waals surface area contributed by atoms with Crippen LogP contribution in [0.2, 0.25) is 0 Å². The summed E-state index contributed by atoms with van der Waals surface area (Å²) in [7, 11) is 0. The molecule has 9 heteroatoms. The van der Waals surface area contributed by atoms with Gasteiger partial charge in [-0.2, -0.15) is 0 Å². The van der Waals surface area contributed by atoms with Gasteiger partial charge in [-0.15, -0.1) is 37.1 Å². The van der Waals surface area contributed by atoms with Crippen molar-refractivity contribution in [1.29, 1.82) is 0 Å². The molecule has 1 rings (SSSR count). The van der Waals surface area contributed by atoms with Crippen molar-refractivity contribution in [3.63, 3.8) is 0 Å². The van der Waals surface area contributed by atoms with Gasteiger partial charge in [0.25, 0.3) is 0 Å². The van der Waals surface area contributed by atoms with Crippen molar-refractivity contribution in [1.82, 2.24) is 5.32 Å². The molecule has 1 aromatic rings. The molecule has 0 saturated carbocycles. The number of benzene rings is 1. The van der Waals surface area contributed by atoms with Crippen LogP contribution in [0, 0.1) is 5.92 Å². The summed E-state index contributed by atoms with van der Waals surface area (Å²) in [5, 5.41) is 12.3. The van der Waals surface area contributed by atoms with E-state index in [1.807, 2.05) is 6.92 Å². The van der Waals surface area contributed by atoms with Crippen molar-refractivity contribution >= 4 is 29.9 Å². The molecule has 0 aliphatic carbocycles. The highest BCUT2D eigenvalue weighted by Crippen LogP contribution is 2.23. The van der Waals surface area contributed by atoms with E-state index < -0.39 is 6.36 Å². The number of aliphatic imine (C=N–C) groups is 1. The number of nitrogens with zero attached hydrogens (tertiary/aromatic N) is 1. The number of guanidine groups is 1. The van der Waals surface area contributed by atoms with Gasteiger partial charge >= 0.3 is 6.36 Å². The molecule has 0 aliphatic heterocycles. The number of aliphatic hydroxyl groups excluding tert-OH is 1. The van der Waals surface area contributed by atoms with Gasteiger partial charge in [0.2, 0.25) is 0 Å². The van der Waals surface area contributed by atoms with Gasteiger partial charge < -0.3 is 20.9 Å². The maximum absolute atomic E-state index is 12.1. The zero-order valence-electron chi connectivity index (χ0n) is 13.8. The molecule has 0 heterocycles. The van der Waals surface area contributed by atoms with Crippen LogP contribution < -0.4 is 15.8 Å². The molecule has 142 valence electrons. The van der Waals surface area contributed by atoms with E-state index >= 15 is 0 Å². The smallest absolute Gasteiger partial charge is 0.406 e. The van der Waals surface area contributed by atoms with Gasteiger partial charge in [0.15, 0.2) is 5.96 Å². The van der Waals surface area contributed by atoms with Gasteiger partial charge in [-0.3, -0.25) is 4.99 Å². The van der Waals surface area contributed by atoms with E-state index in [4.69, 9.17) is 5.73 Å². The Bertz CT molecular complexity index is 563. The first kappa shape index (κ1) is 23.5. The number of nitrogens with two attached hydrogens (primary N) is 1. The number of halogens is 4. The monoisotopic (exact) mass is 473 g/mol. The van der Waals surface area contributed by atoms with Crippen LogP contribution in [0.3, 0.4) is 0 Å². The third-order valence-corrected chi connectivity index (χ3v) is 3.03. The van der Waals surface area contributed by atoms with Crippen molar-refractivity contribution in [2.45, 2.75) is 19.7 Å². The number of hydrogen-bond donors (Lipinski definition) is 3. The molecule has 0 bridgehead atoms. The first-order valence-electron chi connectivity index (χ1n) is 7.33. The van der Waals surface area contributed by atoms with E-state index in [9.17, 15) is 18.3 Å². The summed E-state index contributed by atoms with van der Waals surface area (Å²) in [4.78, 5) is 4.14. The fourth-order valence-corrected chi connectivity index (χ4v) is 1.87. The molecule has 4 N–H and O–H groups in total. The number of rotatable bonds is 8. The predicted octanol–water partition coefficient (Wildman–Crippen LogP) is 2.83. The molecule has 0 aliphatic rings. The molecule has 0 aromatic heterocycles. The summed E-state index contributed by atoms with van der Waals surface area (Å²) in [6.07, 6.45) is -4.25. The Balaban J connectivity index is 0.00000576. The van der Waals surface area contributed by atoms with E-state index in [1.54, 1.807) is 0 Å². The van der Waals surface area contributed by atoms with Crippen LogP contribution in [-0.2, 0) is 6.42 Å². The minimum Gasteiger partial charge on any atom is -0.406 e. The second-order valence-electron chi connectivity index (χ2n) is 5.48. The van der Waals surface area contributed by atoms with Crippen LogP contribution in [0.1, 0.15) is 12.5 Å². The highest BCUT2D eigenvalue weighted by Gasteiger charge is 2.30. The van der Waals surface area contributed by atoms with Crippen LogP contribution in [-0.4, -0.2) is 37.1 Å². The van der Waals surface area contributed by atoms with Crippen molar-refractivity contribution in [2.24, 2.45) is 16.6 Å². The molecule has 0 amide bonds. The summed E-state index contributed by atoms with van der Waals surface area (Å²) in [5.41, 5.74) is 7.37. The number of ether oxygens (including phenoxy) is 1. The minimum absolute atomic E-state index is 0. The first-order valence-corrected chi connectivity index (χ1v) is 7.33. The molecule has 25 heavy (non-hydrogen) atoms. The SMILES string of the molecule is C=C(C)CNC(N)=NCC(CO)Cc1ccc(OC(F)(F)F)cc1.I. The first-order chi connectivity index (χ1) is 11.2. The number of hydrogen-bond acceptors (Lipinski definition) is 3. The fraction of sp³-hybridized carbons (Fsp3) is 0.438. The van der Waals surface area contributed by atoms with Crippen molar-refractivity contribution < 1.29 is 23.0 Å². The van der Waals surface area contributed by atoms with Crippen LogP contribution in [0.25, 0.3) is 0 Å². The summed E-state index contributed by atoms with van der Waals surface area (Å²) >= 11 is 0. The molecule has 1 atom stereocenters. The van der Waals surface area contributed by atoms with E-state index in [0.29, 0.717) is 19.5 Å². The summed E-state index contributed by atoms with van der Waals surface area (Å²) < 4.78 is 40.1. The van der Waals surface area contributed by atoms with Crippen LogP contribution in [0.5, 0.6) is 5.75 Å². The van der Waals surface area contributed by atoms with Gasteiger partial charge in [0.05, 0.1) is 0 Å². The third-order valence-electron chi connectivity index (χ3n) is 3.03. The molecule has 0 saturated heterocycles. The summed E-state index contributed by atoms with van der Waals surface area (Å²) in [6, 6.07) is 5.53. The standard InChI is InChI=1S/C16H22F3N3O2.HI/c1-11(2)8-21-15(20)22-9-13(10-23)7-12-3-5-14(6-4-12)24-16(17,18)19;/h3-6,13,23H,1,7-10H2,2H3,(H3,20,21,22);1H. The highest BCUT2D eigenvalue weighted by atomic mass is 127. The fourth-order valence-electron chi connectivity index (χ4n) is 1.87. The number of aliphatic hydroxyl groups is 1. The summed E-state index contributed by atoms with van der Waals surface area (Å²) in [6.45, 7) is 6.28. The Kier molecular flexibility index (Phi) is 10.5. The third kappa shape index (κ3) is 10.9. The van der Waals surface area contributed by atoms with Crippen LogP contribution >= 0.6 is 24.0 Å². The molecular formula is C16H23F3IN3O2. The molecule has 5 nitrogen and oxygen atoms in total. The van der Waals surface area contributed by atoms with Gasteiger partial charge in [0, 0.05) is 25.6 Å². The van der Waals surface area contributed by atoms with Gasteiger partial charge in [-0.25, -0.2) is 0 Å². The Morgan fingerprint density at radius 1 is 1.36 bits per heavy atom. The molecule has 1 aromatic carbocycles. The zero-order chi connectivity index (χ0) is 18.2. The van der Waals surface area contributed by atoms with Crippen LogP contribution in [0.4, 0.5) is 13.2 Å². The maximum atomic E-state index is 12.1. The number of alkyl halides is 3. The zero-order valence-corrected chi connectivity index (χ0v) is 16.2. The lowest BCUT2D eigenvalue weighted by Gasteiger charge is -2.14. The Labute approximate surface area is 162 Å². The summed E-state index contributed by atoms with van der Waals surface area (Å²) in [5.74, 6) is -0.215. The second kappa shape index (κ2) is 11.2. The van der Waals surface area contributed by atoms with Gasteiger partial charge in [0.1, 0.15) is 5.75 Å². The lowest BCUT2D eigenvalue weighted by atomic mass is 10.0. The van der Waals surface area contributed by atoms with E-state index in [1.165, 1.54) is 24.3 Å². The van der Waals surface area contributed by atoms with E-state index in [-0.39, 0.29) is 48.2 Å².